The highest BCUT2D eigenvalue weighted by Crippen LogP contribution is 2.52. The second kappa shape index (κ2) is 6.08. The topological polar surface area (TPSA) is 76.7 Å². The third kappa shape index (κ3) is 2.76. The molecule has 0 unspecified atom stereocenters. The molecule has 0 saturated heterocycles. The van der Waals surface area contributed by atoms with Gasteiger partial charge in [0.2, 0.25) is 0 Å². The number of nitrogens with one attached hydrogen (secondary N) is 1. The SMILES string of the molecule is C[C@@H]1C=C(N)[C@@](C)(C(F)(F)F)C(Nc2ncnc3cc(Cl)cnc23)=C1F. The third-order valence-electron chi connectivity index (χ3n) is 4.40. The van der Waals surface area contributed by atoms with E-state index < -0.39 is 34.7 Å². The monoisotopic (exact) mass is 387 g/mol. The van der Waals surface area contributed by atoms with Crippen molar-refractivity contribution in [2.45, 2.75) is 20.0 Å². The van der Waals surface area contributed by atoms with E-state index >= 15 is 0 Å². The molecule has 2 aromatic rings. The summed E-state index contributed by atoms with van der Waals surface area (Å²) in [4.78, 5) is 11.9. The lowest BCUT2D eigenvalue weighted by atomic mass is 9.76. The Morgan fingerprint density at radius 2 is 1.96 bits per heavy atom. The molecule has 10 heteroatoms. The van der Waals surface area contributed by atoms with Crippen LogP contribution in [0.25, 0.3) is 11.0 Å². The van der Waals surface area contributed by atoms with Crippen molar-refractivity contribution in [3.05, 3.63) is 46.9 Å². The summed E-state index contributed by atoms with van der Waals surface area (Å²) in [6.45, 7) is 2.23. The van der Waals surface area contributed by atoms with Gasteiger partial charge in [-0.05, 0) is 13.0 Å². The van der Waals surface area contributed by atoms with E-state index in [1.165, 1.54) is 19.2 Å². The predicted octanol–water partition coefficient (Wildman–Crippen LogP) is 4.33. The lowest BCUT2D eigenvalue weighted by Gasteiger charge is -2.39. The van der Waals surface area contributed by atoms with Crippen LogP contribution in [-0.2, 0) is 0 Å². The molecular formula is C16H14ClF4N5. The molecule has 3 N–H and O–H groups in total. The minimum atomic E-state index is -4.83. The maximum atomic E-state index is 14.7. The molecule has 0 aliphatic heterocycles. The van der Waals surface area contributed by atoms with E-state index in [9.17, 15) is 17.6 Å². The van der Waals surface area contributed by atoms with E-state index in [0.29, 0.717) is 10.5 Å². The molecule has 0 bridgehead atoms. The number of halogens is 5. The number of nitrogens with two attached hydrogens (primary N) is 1. The molecule has 1 aliphatic rings. The minimum absolute atomic E-state index is 0.0748. The second-order valence-electron chi connectivity index (χ2n) is 6.12. The Balaban J connectivity index is 2.17. The molecule has 0 spiro atoms. The number of nitrogens with zero attached hydrogens (tertiary/aromatic N) is 3. The normalized spacial score (nSPS) is 24.0. The van der Waals surface area contributed by atoms with Gasteiger partial charge in [0.15, 0.2) is 5.82 Å². The summed E-state index contributed by atoms with van der Waals surface area (Å²) in [5.74, 6) is -1.96. The highest BCUT2D eigenvalue weighted by molar-refractivity contribution is 6.31. The summed E-state index contributed by atoms with van der Waals surface area (Å²) < 4.78 is 56.0. The van der Waals surface area contributed by atoms with Crippen LogP contribution in [0.1, 0.15) is 13.8 Å². The average Bonchev–Trinajstić information content (AvgIpc) is 2.55. The van der Waals surface area contributed by atoms with Gasteiger partial charge in [-0.25, -0.2) is 19.3 Å². The Kier molecular flexibility index (Phi) is 4.30. The summed E-state index contributed by atoms with van der Waals surface area (Å²) in [5.41, 5.74) is 2.19. The number of fused-ring (bicyclic) bond motifs is 1. The van der Waals surface area contributed by atoms with Crippen molar-refractivity contribution in [2.75, 3.05) is 5.32 Å². The average molecular weight is 388 g/mol. The largest absolute Gasteiger partial charge is 0.405 e. The number of pyridine rings is 1. The first-order valence-corrected chi connectivity index (χ1v) is 7.91. The van der Waals surface area contributed by atoms with Gasteiger partial charge in [-0.1, -0.05) is 24.6 Å². The Morgan fingerprint density at radius 1 is 1.27 bits per heavy atom. The van der Waals surface area contributed by atoms with Crippen LogP contribution in [0.4, 0.5) is 23.4 Å². The summed E-state index contributed by atoms with van der Waals surface area (Å²) in [6.07, 6.45) is -1.35. The van der Waals surface area contributed by atoms with Gasteiger partial charge in [-0.3, -0.25) is 0 Å². The van der Waals surface area contributed by atoms with E-state index in [-0.39, 0.29) is 11.3 Å². The fraction of sp³-hybridized carbons (Fsp3) is 0.312. The zero-order valence-corrected chi connectivity index (χ0v) is 14.5. The van der Waals surface area contributed by atoms with Crippen molar-refractivity contribution >= 4 is 28.5 Å². The van der Waals surface area contributed by atoms with E-state index in [2.05, 4.69) is 20.3 Å². The van der Waals surface area contributed by atoms with Gasteiger partial charge >= 0.3 is 6.18 Å². The maximum absolute atomic E-state index is 14.7. The zero-order chi connectivity index (χ0) is 19.3. The Hall–Kier alpha value is -2.42. The minimum Gasteiger partial charge on any atom is -0.401 e. The van der Waals surface area contributed by atoms with E-state index in [1.807, 2.05) is 0 Å². The van der Waals surface area contributed by atoms with Gasteiger partial charge in [0, 0.05) is 17.8 Å². The van der Waals surface area contributed by atoms with Gasteiger partial charge in [0.25, 0.3) is 0 Å². The first-order chi connectivity index (χ1) is 12.1. The number of allylic oxidation sites excluding steroid dienone is 2. The lowest BCUT2D eigenvalue weighted by molar-refractivity contribution is -0.192. The molecule has 2 aromatic heterocycles. The highest BCUT2D eigenvalue weighted by atomic mass is 35.5. The molecule has 0 saturated carbocycles. The molecule has 5 nitrogen and oxygen atoms in total. The zero-order valence-electron chi connectivity index (χ0n) is 13.7. The molecule has 0 fully saturated rings. The molecule has 0 radical (unpaired) electrons. The van der Waals surface area contributed by atoms with Crippen molar-refractivity contribution in [1.29, 1.82) is 0 Å². The standard InChI is InChI=1S/C16H14ClF4N5/c1-7-3-10(22)15(2,16(19,20)21)13(11(7)18)26-14-12-9(24-6-25-14)4-8(17)5-23-12/h3-7H,22H2,1-2H3,(H,24,25,26)/t7-,15-/m1/s1. The molecule has 0 amide bonds. The van der Waals surface area contributed by atoms with Crippen molar-refractivity contribution < 1.29 is 17.6 Å². The second-order valence-corrected chi connectivity index (χ2v) is 6.56. The number of alkyl halides is 3. The Labute approximate surface area is 151 Å². The highest BCUT2D eigenvalue weighted by Gasteiger charge is 2.58. The van der Waals surface area contributed by atoms with Crippen molar-refractivity contribution in [1.82, 2.24) is 15.0 Å². The summed E-state index contributed by atoms with van der Waals surface area (Å²) in [5, 5.41) is 2.76. The van der Waals surface area contributed by atoms with Crippen LogP contribution in [0.5, 0.6) is 0 Å². The van der Waals surface area contributed by atoms with Crippen LogP contribution in [0, 0.1) is 11.3 Å². The fourth-order valence-corrected chi connectivity index (χ4v) is 2.89. The number of rotatable bonds is 2. The van der Waals surface area contributed by atoms with Crippen LogP contribution in [0.2, 0.25) is 5.02 Å². The summed E-state index contributed by atoms with van der Waals surface area (Å²) in [7, 11) is 0. The van der Waals surface area contributed by atoms with Crippen LogP contribution >= 0.6 is 11.6 Å². The number of aromatic nitrogens is 3. The van der Waals surface area contributed by atoms with E-state index in [0.717, 1.165) is 19.3 Å². The molecule has 2 atom stereocenters. The molecule has 1 aliphatic carbocycles. The van der Waals surface area contributed by atoms with Crippen LogP contribution in [0.3, 0.4) is 0 Å². The third-order valence-corrected chi connectivity index (χ3v) is 4.60. The van der Waals surface area contributed by atoms with Crippen LogP contribution < -0.4 is 11.1 Å². The molecule has 26 heavy (non-hydrogen) atoms. The number of hydrogen-bond donors (Lipinski definition) is 2. The van der Waals surface area contributed by atoms with Gasteiger partial charge in [0.1, 0.15) is 23.1 Å². The van der Waals surface area contributed by atoms with Crippen LogP contribution in [0.15, 0.2) is 41.9 Å². The molecule has 2 heterocycles. The maximum Gasteiger partial charge on any atom is 0.405 e. The molecule has 138 valence electrons. The van der Waals surface area contributed by atoms with Crippen molar-refractivity contribution in [2.24, 2.45) is 17.1 Å². The first-order valence-electron chi connectivity index (χ1n) is 7.53. The molecular weight excluding hydrogens is 374 g/mol. The van der Waals surface area contributed by atoms with Crippen molar-refractivity contribution in [3.63, 3.8) is 0 Å². The number of anilines is 1. The van der Waals surface area contributed by atoms with Gasteiger partial charge in [-0.15, -0.1) is 0 Å². The van der Waals surface area contributed by atoms with Gasteiger partial charge in [0.05, 0.1) is 16.2 Å². The predicted molar refractivity (Wildman–Crippen MR) is 89.7 cm³/mol. The summed E-state index contributed by atoms with van der Waals surface area (Å²) >= 11 is 5.84. The summed E-state index contributed by atoms with van der Waals surface area (Å²) in [6, 6.07) is 1.47. The fourth-order valence-electron chi connectivity index (χ4n) is 2.74. The Morgan fingerprint density at radius 3 is 2.62 bits per heavy atom. The smallest absolute Gasteiger partial charge is 0.401 e. The quantitative estimate of drug-likeness (QED) is 0.750. The van der Waals surface area contributed by atoms with Crippen LogP contribution in [-0.4, -0.2) is 21.1 Å². The molecule has 3 rings (SSSR count). The van der Waals surface area contributed by atoms with Crippen molar-refractivity contribution in [3.8, 4) is 0 Å². The molecule has 0 aromatic carbocycles. The van der Waals surface area contributed by atoms with E-state index in [4.69, 9.17) is 17.3 Å². The number of hydrogen-bond acceptors (Lipinski definition) is 5. The van der Waals surface area contributed by atoms with E-state index in [1.54, 1.807) is 0 Å². The lowest BCUT2D eigenvalue weighted by Crippen LogP contribution is -2.46. The first kappa shape index (κ1) is 18.4. The van der Waals surface area contributed by atoms with Gasteiger partial charge < -0.3 is 11.1 Å². The Bertz CT molecular complexity index is 940. The van der Waals surface area contributed by atoms with Gasteiger partial charge in [-0.2, -0.15) is 13.2 Å².